The molecule has 38 heavy (non-hydrogen) atoms. The number of hydrogen-bond acceptors (Lipinski definition) is 8. The first-order valence-corrected chi connectivity index (χ1v) is 12.6. The van der Waals surface area contributed by atoms with E-state index in [0.717, 1.165) is 44.9 Å². The van der Waals surface area contributed by atoms with Crippen molar-refractivity contribution < 1.29 is 9.47 Å². The summed E-state index contributed by atoms with van der Waals surface area (Å²) in [6.07, 6.45) is 3.54. The van der Waals surface area contributed by atoms with Crippen LogP contribution in [0.2, 0.25) is 5.02 Å². The van der Waals surface area contributed by atoms with E-state index < -0.39 is 0 Å². The highest BCUT2D eigenvalue weighted by Gasteiger charge is 2.18. The number of methoxy groups -OCH3 is 2. The summed E-state index contributed by atoms with van der Waals surface area (Å²) in [5.74, 6) is 1.01. The Labute approximate surface area is 229 Å². The second kappa shape index (κ2) is 11.9. The molecule has 198 valence electrons. The Hall–Kier alpha value is -3.59. The Kier molecular flexibility index (Phi) is 8.56. The van der Waals surface area contributed by atoms with Crippen molar-refractivity contribution in [2.75, 3.05) is 42.4 Å². The molecule has 4 rings (SSSR count). The number of rotatable bonds is 9. The molecule has 0 fully saturated rings. The average molecular weight is 533 g/mol. The van der Waals surface area contributed by atoms with E-state index in [4.69, 9.17) is 31.0 Å². The number of nitrogens with zero attached hydrogens (tertiary/aromatic N) is 6. The fraction of sp³-hybridized carbons (Fsp3) is 0.310. The first-order valence-electron chi connectivity index (χ1n) is 12.2. The summed E-state index contributed by atoms with van der Waals surface area (Å²) in [5.41, 5.74) is 7.62. The molecule has 2 aromatic carbocycles. The van der Waals surface area contributed by atoms with Gasteiger partial charge in [0.15, 0.2) is 0 Å². The lowest BCUT2D eigenvalue weighted by Crippen LogP contribution is -2.13. The van der Waals surface area contributed by atoms with E-state index in [1.807, 2.05) is 68.3 Å². The van der Waals surface area contributed by atoms with Gasteiger partial charge >= 0.3 is 0 Å². The Morgan fingerprint density at radius 1 is 0.684 bits per heavy atom. The first-order chi connectivity index (χ1) is 18.2. The van der Waals surface area contributed by atoms with Crippen molar-refractivity contribution in [2.24, 2.45) is 0 Å². The highest BCUT2D eigenvalue weighted by Crippen LogP contribution is 2.39. The van der Waals surface area contributed by atoms with Gasteiger partial charge in [0.25, 0.3) is 0 Å². The van der Waals surface area contributed by atoms with Crippen molar-refractivity contribution in [3.8, 4) is 45.4 Å². The molecule has 0 aliphatic rings. The van der Waals surface area contributed by atoms with Crippen LogP contribution in [0.1, 0.15) is 17.0 Å². The lowest BCUT2D eigenvalue weighted by Gasteiger charge is -2.16. The molecule has 2 aromatic heterocycles. The van der Waals surface area contributed by atoms with Crippen LogP contribution in [-0.2, 0) is 13.1 Å². The van der Waals surface area contributed by atoms with Crippen LogP contribution in [0.4, 0.5) is 0 Å². The third-order valence-corrected chi connectivity index (χ3v) is 6.52. The van der Waals surface area contributed by atoms with Gasteiger partial charge in [-0.25, -0.2) is 9.97 Å². The minimum atomic E-state index is 0.487. The molecule has 0 unspecified atom stereocenters. The lowest BCUT2D eigenvalue weighted by molar-refractivity contribution is 0.355. The van der Waals surface area contributed by atoms with Crippen LogP contribution < -0.4 is 9.47 Å². The molecule has 0 aliphatic heterocycles. The van der Waals surface area contributed by atoms with E-state index in [9.17, 15) is 0 Å². The Morgan fingerprint density at radius 2 is 1.13 bits per heavy atom. The number of benzene rings is 2. The Bertz CT molecular complexity index is 1330. The average Bonchev–Trinajstić information content (AvgIpc) is 2.89. The molecule has 0 radical (unpaired) electrons. The summed E-state index contributed by atoms with van der Waals surface area (Å²) in [6, 6.07) is 12.0. The maximum Gasteiger partial charge on any atom is 0.237 e. The number of hydrogen-bond donors (Lipinski definition) is 0. The molecule has 9 heteroatoms. The summed E-state index contributed by atoms with van der Waals surface area (Å²) < 4.78 is 11.1. The maximum atomic E-state index is 7.02. The lowest BCUT2D eigenvalue weighted by atomic mass is 9.93. The van der Waals surface area contributed by atoms with Gasteiger partial charge in [0.1, 0.15) is 11.4 Å². The molecule has 0 N–H and O–H groups in total. The normalized spacial score (nSPS) is 11.3. The zero-order chi connectivity index (χ0) is 27.4. The zero-order valence-corrected chi connectivity index (χ0v) is 23.7. The molecule has 0 saturated heterocycles. The highest BCUT2D eigenvalue weighted by molar-refractivity contribution is 6.36. The molecule has 0 aliphatic carbocycles. The molecule has 8 nitrogen and oxygen atoms in total. The molecule has 0 saturated carbocycles. The Morgan fingerprint density at radius 3 is 1.63 bits per heavy atom. The summed E-state index contributed by atoms with van der Waals surface area (Å²) in [4.78, 5) is 22.8. The minimum Gasteiger partial charge on any atom is -0.480 e. The van der Waals surface area contributed by atoms with Crippen molar-refractivity contribution in [1.29, 1.82) is 0 Å². The van der Waals surface area contributed by atoms with Gasteiger partial charge in [-0.2, -0.15) is 0 Å². The van der Waals surface area contributed by atoms with Crippen LogP contribution in [-0.4, -0.2) is 72.1 Å². The van der Waals surface area contributed by atoms with Gasteiger partial charge in [0.05, 0.1) is 43.0 Å². The van der Waals surface area contributed by atoms with Crippen LogP contribution in [0.15, 0.2) is 48.8 Å². The van der Waals surface area contributed by atoms with Crippen molar-refractivity contribution in [2.45, 2.75) is 20.0 Å². The van der Waals surface area contributed by atoms with E-state index >= 15 is 0 Å². The molecule has 0 spiro atoms. The Balaban J connectivity index is 1.76. The molecule has 0 atom stereocenters. The van der Waals surface area contributed by atoms with Gasteiger partial charge in [0, 0.05) is 29.8 Å². The molecule has 4 aromatic rings. The van der Waals surface area contributed by atoms with Crippen LogP contribution in [0.5, 0.6) is 11.8 Å². The number of aromatic nitrogens is 4. The smallest absolute Gasteiger partial charge is 0.237 e. The maximum absolute atomic E-state index is 7.02. The molecule has 2 heterocycles. The molecular formula is C29H33ClN6O2. The summed E-state index contributed by atoms with van der Waals surface area (Å²) in [5, 5.41) is 0.592. The van der Waals surface area contributed by atoms with E-state index in [-0.39, 0.29) is 0 Å². The fourth-order valence-electron chi connectivity index (χ4n) is 4.34. The van der Waals surface area contributed by atoms with E-state index in [2.05, 4.69) is 23.0 Å². The zero-order valence-electron chi connectivity index (χ0n) is 22.9. The summed E-state index contributed by atoms with van der Waals surface area (Å²) >= 11 is 7.02. The van der Waals surface area contributed by atoms with Gasteiger partial charge in [-0.05, 0) is 46.2 Å². The largest absolute Gasteiger partial charge is 0.480 e. The molecular weight excluding hydrogens is 500 g/mol. The van der Waals surface area contributed by atoms with Crippen molar-refractivity contribution >= 4 is 11.6 Å². The molecule has 0 amide bonds. The topological polar surface area (TPSA) is 76.5 Å². The second-order valence-corrected chi connectivity index (χ2v) is 9.92. The third-order valence-electron chi connectivity index (χ3n) is 6.12. The van der Waals surface area contributed by atoms with Crippen LogP contribution in [0.25, 0.3) is 33.6 Å². The van der Waals surface area contributed by atoms with Crippen molar-refractivity contribution in [3.63, 3.8) is 0 Å². The molecule has 0 bridgehead atoms. The standard InChI is InChI=1S/C29H33ClN6O2/c1-18-19(10-8-11-20(18)23-14-31-25(16-35(2)3)28(33-23)37-6)21-12-9-13-22(27(21)30)24-15-32-26(17-36(4)5)29(34-24)38-7/h8-15H,16-17H2,1-7H3. The second-order valence-electron chi connectivity index (χ2n) is 9.54. The number of ether oxygens (including phenoxy) is 2. The van der Waals surface area contributed by atoms with Crippen LogP contribution in [0.3, 0.4) is 0 Å². The number of halogens is 1. The summed E-state index contributed by atoms with van der Waals surface area (Å²) in [7, 11) is 11.1. The first kappa shape index (κ1) is 27.4. The predicted octanol–water partition coefficient (Wildman–Crippen LogP) is 5.37. The van der Waals surface area contributed by atoms with E-state index in [0.29, 0.717) is 35.6 Å². The van der Waals surface area contributed by atoms with Crippen LogP contribution >= 0.6 is 11.6 Å². The van der Waals surface area contributed by atoms with Gasteiger partial charge < -0.3 is 19.3 Å². The highest BCUT2D eigenvalue weighted by atomic mass is 35.5. The van der Waals surface area contributed by atoms with Gasteiger partial charge in [-0.3, -0.25) is 9.97 Å². The van der Waals surface area contributed by atoms with E-state index in [1.54, 1.807) is 26.6 Å². The monoisotopic (exact) mass is 532 g/mol. The summed E-state index contributed by atoms with van der Waals surface area (Å²) in [6.45, 7) is 3.33. The van der Waals surface area contributed by atoms with Crippen molar-refractivity contribution in [3.05, 3.63) is 70.8 Å². The minimum absolute atomic E-state index is 0.487. The van der Waals surface area contributed by atoms with Gasteiger partial charge in [0.2, 0.25) is 11.8 Å². The predicted molar refractivity (Wildman–Crippen MR) is 152 cm³/mol. The fourth-order valence-corrected chi connectivity index (χ4v) is 4.66. The van der Waals surface area contributed by atoms with Gasteiger partial charge in [-0.15, -0.1) is 0 Å². The van der Waals surface area contributed by atoms with E-state index in [1.165, 1.54) is 0 Å². The van der Waals surface area contributed by atoms with Gasteiger partial charge in [-0.1, -0.05) is 48.0 Å². The third kappa shape index (κ3) is 5.78. The van der Waals surface area contributed by atoms with Crippen LogP contribution in [0, 0.1) is 6.92 Å². The van der Waals surface area contributed by atoms with Crippen molar-refractivity contribution in [1.82, 2.24) is 29.7 Å². The SMILES string of the molecule is COc1nc(-c2cccc(-c3cccc(-c4cnc(CN(C)C)c(OC)n4)c3Cl)c2C)cnc1CN(C)C. The quantitative estimate of drug-likeness (QED) is 0.285.